The maximum atomic E-state index is 12.5. The number of sulfonamides is 1. The average Bonchev–Trinajstić information content (AvgIpc) is 2.92. The van der Waals surface area contributed by atoms with E-state index in [9.17, 15) is 27.6 Å². The molecule has 2 saturated heterocycles. The number of imide groups is 1. The van der Waals surface area contributed by atoms with Crippen LogP contribution in [0.25, 0.3) is 0 Å². The highest BCUT2D eigenvalue weighted by Crippen LogP contribution is 2.17. The van der Waals surface area contributed by atoms with Gasteiger partial charge in [0.05, 0.1) is 11.4 Å². The minimum absolute atomic E-state index is 0.0576. The number of hydrogen-bond donors (Lipinski definition) is 3. The molecule has 12 heteroatoms. The van der Waals surface area contributed by atoms with Crippen LogP contribution in [0.4, 0.5) is 4.79 Å². The van der Waals surface area contributed by atoms with E-state index in [1.54, 1.807) is 0 Å². The van der Waals surface area contributed by atoms with Crippen molar-refractivity contribution in [3.8, 4) is 0 Å². The molecule has 2 heterocycles. The van der Waals surface area contributed by atoms with Gasteiger partial charge in [0.15, 0.2) is 0 Å². The van der Waals surface area contributed by atoms with Gasteiger partial charge in [-0.05, 0) is 24.3 Å². The Morgan fingerprint density at radius 2 is 1.73 bits per heavy atom. The molecule has 1 aromatic carbocycles. The zero-order valence-corrected chi connectivity index (χ0v) is 14.2. The predicted octanol–water partition coefficient (Wildman–Crippen LogP) is -2.00. The first-order valence-electron chi connectivity index (χ1n) is 7.56. The molecule has 0 bridgehead atoms. The maximum absolute atomic E-state index is 12.5. The fraction of sp³-hybridized carbons (Fsp3) is 0.286. The summed E-state index contributed by atoms with van der Waals surface area (Å²) in [6.07, 6.45) is 0. The monoisotopic (exact) mass is 381 g/mol. The summed E-state index contributed by atoms with van der Waals surface area (Å²) >= 11 is 0. The van der Waals surface area contributed by atoms with Crippen molar-refractivity contribution < 1.29 is 27.6 Å². The van der Waals surface area contributed by atoms with E-state index in [1.807, 2.05) is 5.32 Å². The van der Waals surface area contributed by atoms with E-state index in [4.69, 9.17) is 0 Å². The lowest BCUT2D eigenvalue weighted by molar-refractivity contribution is -0.122. The summed E-state index contributed by atoms with van der Waals surface area (Å²) in [5, 5.41) is 5.37. The van der Waals surface area contributed by atoms with Crippen LogP contribution in [0, 0.1) is 0 Å². The lowest BCUT2D eigenvalue weighted by atomic mass is 10.2. The second-order valence-corrected chi connectivity index (χ2v) is 7.53. The third-order valence-corrected chi connectivity index (χ3v) is 5.65. The van der Waals surface area contributed by atoms with Gasteiger partial charge in [0, 0.05) is 18.7 Å². The van der Waals surface area contributed by atoms with Crippen molar-refractivity contribution in [1.29, 1.82) is 0 Å². The standard InChI is InChI=1S/C14H15N5O6S/c20-11-7-18(6-5-15-11)26(24,25)10-3-1-9(2-4-10)13(22)17-19-8-12(21)16-14(19)23/h1-4H,5-8H2,(H,15,20)(H,17,22)(H,16,21,23). The lowest BCUT2D eigenvalue weighted by Gasteiger charge is -2.25. The summed E-state index contributed by atoms with van der Waals surface area (Å²) in [4.78, 5) is 45.9. The number of amides is 5. The van der Waals surface area contributed by atoms with Crippen LogP contribution < -0.4 is 16.1 Å². The largest absolute Gasteiger partial charge is 0.354 e. The predicted molar refractivity (Wildman–Crippen MR) is 85.9 cm³/mol. The summed E-state index contributed by atoms with van der Waals surface area (Å²) in [6.45, 7) is -0.166. The van der Waals surface area contributed by atoms with Gasteiger partial charge in [0.2, 0.25) is 21.8 Å². The second-order valence-electron chi connectivity index (χ2n) is 5.59. The second kappa shape index (κ2) is 6.72. The number of piperazine rings is 1. The Labute approximate surface area is 148 Å². The van der Waals surface area contributed by atoms with Crippen molar-refractivity contribution >= 4 is 33.8 Å². The summed E-state index contributed by atoms with van der Waals surface area (Å²) in [6, 6.07) is 4.30. The van der Waals surface area contributed by atoms with E-state index < -0.39 is 27.9 Å². The SMILES string of the molecule is O=C1CN(S(=O)(=O)c2ccc(C(=O)NN3CC(=O)NC3=O)cc2)CCN1. The summed E-state index contributed by atoms with van der Waals surface area (Å²) in [5.74, 6) is -1.59. The number of hydrogen-bond acceptors (Lipinski definition) is 6. The van der Waals surface area contributed by atoms with Gasteiger partial charge in [-0.1, -0.05) is 0 Å². The molecule has 0 aliphatic carbocycles. The quantitative estimate of drug-likeness (QED) is 0.515. The zero-order valence-electron chi connectivity index (χ0n) is 13.4. The number of urea groups is 1. The summed E-state index contributed by atoms with van der Waals surface area (Å²) < 4.78 is 26.1. The first-order chi connectivity index (χ1) is 12.3. The van der Waals surface area contributed by atoms with Gasteiger partial charge in [0.1, 0.15) is 6.54 Å². The van der Waals surface area contributed by atoms with Crippen LogP contribution in [0.15, 0.2) is 29.2 Å². The fourth-order valence-corrected chi connectivity index (χ4v) is 3.86. The third kappa shape index (κ3) is 3.50. The number of benzene rings is 1. The molecule has 3 N–H and O–H groups in total. The van der Waals surface area contributed by atoms with Gasteiger partial charge in [0.25, 0.3) is 5.91 Å². The molecule has 11 nitrogen and oxygen atoms in total. The van der Waals surface area contributed by atoms with Crippen molar-refractivity contribution in [3.05, 3.63) is 29.8 Å². The molecule has 0 atom stereocenters. The van der Waals surface area contributed by atoms with Crippen LogP contribution in [0.3, 0.4) is 0 Å². The molecule has 138 valence electrons. The van der Waals surface area contributed by atoms with Crippen molar-refractivity contribution in [2.24, 2.45) is 0 Å². The molecule has 0 radical (unpaired) electrons. The zero-order chi connectivity index (χ0) is 18.9. The highest BCUT2D eigenvalue weighted by molar-refractivity contribution is 7.89. The molecule has 0 aromatic heterocycles. The molecule has 0 unspecified atom stereocenters. The van der Waals surface area contributed by atoms with Gasteiger partial charge >= 0.3 is 6.03 Å². The molecule has 0 saturated carbocycles. The van der Waals surface area contributed by atoms with E-state index in [1.165, 1.54) is 24.3 Å². The molecular weight excluding hydrogens is 366 g/mol. The number of nitrogens with one attached hydrogen (secondary N) is 3. The highest BCUT2D eigenvalue weighted by Gasteiger charge is 2.30. The van der Waals surface area contributed by atoms with Crippen LogP contribution in [-0.4, -0.2) is 67.7 Å². The third-order valence-electron chi connectivity index (χ3n) is 3.79. The van der Waals surface area contributed by atoms with Crippen molar-refractivity contribution in [2.45, 2.75) is 4.90 Å². The minimum Gasteiger partial charge on any atom is -0.354 e. The smallest absolute Gasteiger partial charge is 0.343 e. The van der Waals surface area contributed by atoms with E-state index in [0.717, 1.165) is 9.31 Å². The molecule has 2 aliphatic heterocycles. The molecule has 26 heavy (non-hydrogen) atoms. The van der Waals surface area contributed by atoms with Gasteiger partial charge < -0.3 is 5.32 Å². The Kier molecular flexibility index (Phi) is 4.61. The Hall–Kier alpha value is -2.99. The average molecular weight is 381 g/mol. The number of carbonyl (C=O) groups excluding carboxylic acids is 4. The number of rotatable bonds is 4. The van der Waals surface area contributed by atoms with E-state index in [2.05, 4.69) is 10.7 Å². The van der Waals surface area contributed by atoms with Gasteiger partial charge in [-0.15, -0.1) is 0 Å². The highest BCUT2D eigenvalue weighted by atomic mass is 32.2. The van der Waals surface area contributed by atoms with Crippen molar-refractivity contribution in [3.63, 3.8) is 0 Å². The van der Waals surface area contributed by atoms with Crippen molar-refractivity contribution in [2.75, 3.05) is 26.2 Å². The van der Waals surface area contributed by atoms with Crippen LogP contribution in [-0.2, 0) is 19.6 Å². The van der Waals surface area contributed by atoms with Crippen LogP contribution in [0.5, 0.6) is 0 Å². The molecule has 1 aromatic rings. The molecule has 3 rings (SSSR count). The van der Waals surface area contributed by atoms with Gasteiger partial charge in [-0.2, -0.15) is 4.31 Å². The van der Waals surface area contributed by atoms with E-state index in [-0.39, 0.29) is 42.5 Å². The van der Waals surface area contributed by atoms with Crippen LogP contribution in [0.1, 0.15) is 10.4 Å². The Balaban J connectivity index is 1.71. The molecule has 2 aliphatic rings. The Bertz CT molecular complexity index is 882. The summed E-state index contributed by atoms with van der Waals surface area (Å²) in [7, 11) is -3.85. The van der Waals surface area contributed by atoms with E-state index >= 15 is 0 Å². The normalized spacial score (nSPS) is 18.5. The van der Waals surface area contributed by atoms with Gasteiger partial charge in [-0.3, -0.25) is 25.1 Å². The van der Waals surface area contributed by atoms with Crippen LogP contribution >= 0.6 is 0 Å². The molecule has 2 fully saturated rings. The molecule has 0 spiro atoms. The fourth-order valence-electron chi connectivity index (χ4n) is 2.47. The molecule has 5 amide bonds. The maximum Gasteiger partial charge on any atom is 0.343 e. The molecular formula is C14H15N5O6S. The first kappa shape index (κ1) is 17.8. The van der Waals surface area contributed by atoms with Crippen molar-refractivity contribution in [1.82, 2.24) is 25.4 Å². The topological polar surface area (TPSA) is 145 Å². The summed E-state index contributed by atoms with van der Waals surface area (Å²) in [5.41, 5.74) is 2.36. The Morgan fingerprint density at radius 3 is 2.31 bits per heavy atom. The minimum atomic E-state index is -3.85. The van der Waals surface area contributed by atoms with E-state index in [0.29, 0.717) is 0 Å². The lowest BCUT2D eigenvalue weighted by Crippen LogP contribution is -2.49. The number of hydrazine groups is 1. The Morgan fingerprint density at radius 1 is 1.04 bits per heavy atom. The van der Waals surface area contributed by atoms with Crippen LogP contribution in [0.2, 0.25) is 0 Å². The number of carbonyl (C=O) groups is 4. The van der Waals surface area contributed by atoms with Gasteiger partial charge in [-0.25, -0.2) is 18.2 Å². The first-order valence-corrected chi connectivity index (χ1v) is 9.00. The number of nitrogens with zero attached hydrogens (tertiary/aromatic N) is 2.